The van der Waals surface area contributed by atoms with E-state index in [9.17, 15) is 9.59 Å². The summed E-state index contributed by atoms with van der Waals surface area (Å²) in [5.41, 5.74) is 1.01. The van der Waals surface area contributed by atoms with Crippen LogP contribution in [0.5, 0.6) is 5.88 Å². The van der Waals surface area contributed by atoms with Crippen molar-refractivity contribution in [1.29, 1.82) is 0 Å². The van der Waals surface area contributed by atoms with Crippen LogP contribution in [0.25, 0.3) is 0 Å². The number of hydrogen-bond acceptors (Lipinski definition) is 5. The average Bonchev–Trinajstić information content (AvgIpc) is 3.00. The van der Waals surface area contributed by atoms with Gasteiger partial charge in [-0.25, -0.2) is 0 Å². The maximum absolute atomic E-state index is 12.3. The Bertz CT molecular complexity index is 638. The van der Waals surface area contributed by atoms with Gasteiger partial charge in [0.1, 0.15) is 6.54 Å². The molecule has 0 aliphatic carbocycles. The molecule has 2 rings (SSSR count). The zero-order valence-electron chi connectivity index (χ0n) is 12.1. The summed E-state index contributed by atoms with van der Waals surface area (Å²) in [7, 11) is 1.40. The van der Waals surface area contributed by atoms with Crippen LogP contribution in [0.1, 0.15) is 16.1 Å². The number of benzene rings is 1. The van der Waals surface area contributed by atoms with E-state index in [1.165, 1.54) is 18.1 Å². The van der Waals surface area contributed by atoms with E-state index in [2.05, 4.69) is 5.16 Å². The second-order valence-corrected chi connectivity index (χ2v) is 4.59. The summed E-state index contributed by atoms with van der Waals surface area (Å²) in [6, 6.07) is 10.8. The van der Waals surface area contributed by atoms with Crippen LogP contribution in [-0.4, -0.2) is 47.2 Å². The number of carboxylic acids is 1. The number of carbonyl (C=O) groups excluding carboxylic acids is 1. The third-order valence-corrected chi connectivity index (χ3v) is 3.04. The molecular weight excluding hydrogens is 288 g/mol. The number of nitrogens with zero attached hydrogens (tertiary/aromatic N) is 2. The number of methoxy groups -OCH3 is 1. The normalized spacial score (nSPS) is 10.2. The van der Waals surface area contributed by atoms with Crippen molar-refractivity contribution in [3.05, 3.63) is 47.7 Å². The lowest BCUT2D eigenvalue weighted by molar-refractivity contribution is -0.137. The summed E-state index contributed by atoms with van der Waals surface area (Å²) in [6.07, 6.45) is 0.547. The first-order valence-corrected chi connectivity index (χ1v) is 6.66. The monoisotopic (exact) mass is 304 g/mol. The highest BCUT2D eigenvalue weighted by molar-refractivity contribution is 5.93. The topological polar surface area (TPSA) is 92.9 Å². The van der Waals surface area contributed by atoms with Crippen molar-refractivity contribution in [3.8, 4) is 5.88 Å². The summed E-state index contributed by atoms with van der Waals surface area (Å²) in [6.45, 7) is -0.146. The van der Waals surface area contributed by atoms with Gasteiger partial charge in [-0.05, 0) is 17.1 Å². The van der Waals surface area contributed by atoms with E-state index in [-0.39, 0.29) is 18.2 Å². The Balaban J connectivity index is 2.07. The molecular formula is C15H16N2O5. The predicted octanol–water partition coefficient (Wildman–Crippen LogP) is 1.45. The predicted molar refractivity (Wildman–Crippen MR) is 76.7 cm³/mol. The van der Waals surface area contributed by atoms with Crippen molar-refractivity contribution in [2.45, 2.75) is 6.42 Å². The number of amides is 1. The number of carboxylic acid groups (broad SMARTS) is 1. The van der Waals surface area contributed by atoms with Gasteiger partial charge >= 0.3 is 5.97 Å². The van der Waals surface area contributed by atoms with E-state index in [1.807, 2.05) is 30.3 Å². The lowest BCUT2D eigenvalue weighted by Gasteiger charge is -2.19. The molecule has 1 N–H and O–H groups in total. The van der Waals surface area contributed by atoms with Gasteiger partial charge < -0.3 is 19.3 Å². The number of ether oxygens (including phenoxy) is 1. The molecule has 7 nitrogen and oxygen atoms in total. The minimum absolute atomic E-state index is 0.0499. The van der Waals surface area contributed by atoms with Crippen molar-refractivity contribution in [3.63, 3.8) is 0 Å². The van der Waals surface area contributed by atoms with E-state index >= 15 is 0 Å². The fourth-order valence-electron chi connectivity index (χ4n) is 1.94. The maximum atomic E-state index is 12.3. The molecule has 0 saturated heterocycles. The van der Waals surface area contributed by atoms with Gasteiger partial charge in [0.2, 0.25) is 5.76 Å². The van der Waals surface area contributed by atoms with Crippen molar-refractivity contribution in [1.82, 2.24) is 10.1 Å². The zero-order chi connectivity index (χ0) is 15.9. The number of aromatic nitrogens is 1. The molecule has 0 atom stereocenters. The molecule has 22 heavy (non-hydrogen) atoms. The summed E-state index contributed by atoms with van der Waals surface area (Å²) in [5, 5.41) is 12.5. The molecule has 0 spiro atoms. The molecule has 1 amide bonds. The van der Waals surface area contributed by atoms with Crippen LogP contribution in [0.2, 0.25) is 0 Å². The van der Waals surface area contributed by atoms with Crippen molar-refractivity contribution in [2.75, 3.05) is 20.2 Å². The molecule has 1 aromatic carbocycles. The second kappa shape index (κ2) is 7.26. The number of hydrogen-bond donors (Lipinski definition) is 1. The molecule has 1 heterocycles. The minimum atomic E-state index is -1.09. The van der Waals surface area contributed by atoms with Gasteiger partial charge in [-0.15, -0.1) is 0 Å². The quantitative estimate of drug-likeness (QED) is 0.832. The summed E-state index contributed by atoms with van der Waals surface area (Å²) < 4.78 is 9.72. The van der Waals surface area contributed by atoms with Gasteiger partial charge in [-0.3, -0.25) is 9.59 Å². The lowest BCUT2D eigenvalue weighted by Crippen LogP contribution is -2.37. The fourth-order valence-corrected chi connectivity index (χ4v) is 1.94. The first kappa shape index (κ1) is 15.6. The van der Waals surface area contributed by atoms with Gasteiger partial charge in [0.15, 0.2) is 0 Å². The van der Waals surface area contributed by atoms with Gasteiger partial charge in [0, 0.05) is 6.54 Å². The molecule has 1 aromatic heterocycles. The summed E-state index contributed by atoms with van der Waals surface area (Å²) in [5.74, 6) is -1.50. The van der Waals surface area contributed by atoms with Crippen LogP contribution in [0.15, 0.2) is 40.9 Å². The second-order valence-electron chi connectivity index (χ2n) is 4.59. The van der Waals surface area contributed by atoms with Gasteiger partial charge in [0.25, 0.3) is 11.8 Å². The summed E-state index contributed by atoms with van der Waals surface area (Å²) in [4.78, 5) is 24.5. The molecule has 0 unspecified atom stereocenters. The van der Waals surface area contributed by atoms with E-state index in [0.29, 0.717) is 6.42 Å². The first-order valence-electron chi connectivity index (χ1n) is 6.66. The Morgan fingerprint density at radius 2 is 2.05 bits per heavy atom. The van der Waals surface area contributed by atoms with Gasteiger partial charge in [0.05, 0.1) is 13.2 Å². The highest BCUT2D eigenvalue weighted by Gasteiger charge is 2.22. The summed E-state index contributed by atoms with van der Waals surface area (Å²) >= 11 is 0. The van der Waals surface area contributed by atoms with Crippen LogP contribution in [0, 0.1) is 0 Å². The van der Waals surface area contributed by atoms with Crippen LogP contribution in [-0.2, 0) is 11.2 Å². The molecule has 0 aliphatic rings. The highest BCUT2D eigenvalue weighted by Crippen LogP contribution is 2.13. The van der Waals surface area contributed by atoms with Gasteiger partial charge in [-0.2, -0.15) is 0 Å². The molecule has 116 valence electrons. The highest BCUT2D eigenvalue weighted by atomic mass is 16.5. The smallest absolute Gasteiger partial charge is 0.323 e. The molecule has 0 radical (unpaired) electrons. The van der Waals surface area contributed by atoms with Crippen LogP contribution in [0.4, 0.5) is 0 Å². The Morgan fingerprint density at radius 3 is 2.64 bits per heavy atom. The van der Waals surface area contributed by atoms with Crippen molar-refractivity contribution < 1.29 is 24.0 Å². The molecule has 0 saturated carbocycles. The maximum Gasteiger partial charge on any atom is 0.323 e. The Labute approximate surface area is 127 Å². The lowest BCUT2D eigenvalue weighted by atomic mass is 10.1. The third-order valence-electron chi connectivity index (χ3n) is 3.04. The average molecular weight is 304 g/mol. The standard InChI is InChI=1S/C15H16N2O5/c1-21-13-9-12(22-16-13)15(20)17(10-14(18)19)8-7-11-5-3-2-4-6-11/h2-6,9H,7-8,10H2,1H3,(H,18,19). The fraction of sp³-hybridized carbons (Fsp3) is 0.267. The number of aliphatic carboxylic acids is 1. The Morgan fingerprint density at radius 1 is 1.32 bits per heavy atom. The van der Waals surface area contributed by atoms with Crippen molar-refractivity contribution >= 4 is 11.9 Å². The van der Waals surface area contributed by atoms with Crippen LogP contribution >= 0.6 is 0 Å². The molecule has 7 heteroatoms. The van der Waals surface area contributed by atoms with Gasteiger partial charge in [-0.1, -0.05) is 30.3 Å². The van der Waals surface area contributed by atoms with E-state index in [1.54, 1.807) is 0 Å². The van der Waals surface area contributed by atoms with E-state index < -0.39 is 18.4 Å². The molecule has 0 fully saturated rings. The Kier molecular flexibility index (Phi) is 5.13. The largest absolute Gasteiger partial charge is 0.480 e. The Hall–Kier alpha value is -2.83. The number of rotatable bonds is 7. The number of carbonyl (C=O) groups is 2. The van der Waals surface area contributed by atoms with E-state index in [4.69, 9.17) is 14.4 Å². The first-order chi connectivity index (χ1) is 10.6. The molecule has 0 bridgehead atoms. The molecule has 0 aliphatic heterocycles. The third kappa shape index (κ3) is 4.08. The van der Waals surface area contributed by atoms with Crippen LogP contribution in [0.3, 0.4) is 0 Å². The van der Waals surface area contributed by atoms with Crippen molar-refractivity contribution in [2.24, 2.45) is 0 Å². The zero-order valence-corrected chi connectivity index (χ0v) is 12.1. The van der Waals surface area contributed by atoms with Crippen LogP contribution < -0.4 is 4.74 Å². The molecule has 2 aromatic rings. The minimum Gasteiger partial charge on any atom is -0.480 e. The SMILES string of the molecule is COc1cc(C(=O)N(CCc2ccccc2)CC(=O)O)on1. The van der Waals surface area contributed by atoms with E-state index in [0.717, 1.165) is 5.56 Å².